The van der Waals surface area contributed by atoms with Gasteiger partial charge in [-0.1, -0.05) is 65.7 Å². The Morgan fingerprint density at radius 1 is 0.925 bits per heavy atom. The minimum absolute atomic E-state index is 0.0987. The van der Waals surface area contributed by atoms with Crippen molar-refractivity contribution in [1.29, 1.82) is 0 Å². The van der Waals surface area contributed by atoms with Crippen molar-refractivity contribution in [3.8, 4) is 11.3 Å². The van der Waals surface area contributed by atoms with Crippen molar-refractivity contribution < 1.29 is 13.2 Å². The van der Waals surface area contributed by atoms with Crippen molar-refractivity contribution in [2.24, 2.45) is 0 Å². The molecule has 6 rings (SSSR count). The average molecular weight is 570 g/mol. The van der Waals surface area contributed by atoms with E-state index in [-0.39, 0.29) is 4.90 Å². The zero-order chi connectivity index (χ0) is 28.0. The number of carbonyl (C=O) groups is 1. The molecule has 0 fully saturated rings. The van der Waals surface area contributed by atoms with Crippen molar-refractivity contribution in [3.05, 3.63) is 102 Å². The maximum Gasteiger partial charge on any atom is 0.242 e. The molecular weight excluding hydrogens is 546 g/mol. The molecule has 0 spiro atoms. The summed E-state index contributed by atoms with van der Waals surface area (Å²) in [5.41, 5.74) is 5.24. The van der Waals surface area contributed by atoms with Gasteiger partial charge in [-0.3, -0.25) is 4.79 Å². The summed E-state index contributed by atoms with van der Waals surface area (Å²) in [7, 11) is -3.86. The topological polar surface area (TPSA) is 105 Å². The summed E-state index contributed by atoms with van der Waals surface area (Å²) in [6.45, 7) is 3.37. The highest BCUT2D eigenvalue weighted by molar-refractivity contribution is 7.89. The predicted molar refractivity (Wildman–Crippen MR) is 158 cm³/mol. The number of carbonyl (C=O) groups excluding carboxylic acids is 1. The monoisotopic (exact) mass is 569 g/mol. The second kappa shape index (κ2) is 10.0. The van der Waals surface area contributed by atoms with Crippen LogP contribution >= 0.6 is 11.6 Å². The summed E-state index contributed by atoms with van der Waals surface area (Å²) >= 11 is 6.11. The predicted octanol–water partition coefficient (Wildman–Crippen LogP) is 5.97. The molecule has 8 nitrogen and oxygen atoms in total. The van der Waals surface area contributed by atoms with Gasteiger partial charge in [0.05, 0.1) is 27.7 Å². The lowest BCUT2D eigenvalue weighted by Gasteiger charge is -2.14. The van der Waals surface area contributed by atoms with E-state index in [1.54, 1.807) is 28.8 Å². The minimum atomic E-state index is -3.86. The number of rotatable bonds is 6. The van der Waals surface area contributed by atoms with Crippen molar-refractivity contribution in [2.75, 3.05) is 5.32 Å². The Morgan fingerprint density at radius 3 is 2.35 bits per heavy atom. The highest BCUT2D eigenvalue weighted by Crippen LogP contribution is 2.32. The Bertz CT molecular complexity index is 2020. The number of sulfonamides is 1. The van der Waals surface area contributed by atoms with Gasteiger partial charge in [0.2, 0.25) is 15.9 Å². The number of anilines is 1. The number of benzene rings is 4. The quantitative estimate of drug-likeness (QED) is 0.257. The maximum absolute atomic E-state index is 12.9. The highest BCUT2D eigenvalue weighted by Gasteiger charge is 2.22. The Morgan fingerprint density at radius 2 is 1.62 bits per heavy atom. The third-order valence-electron chi connectivity index (χ3n) is 6.70. The molecule has 2 aromatic heterocycles. The number of hydrogen-bond donors (Lipinski definition) is 2. The summed E-state index contributed by atoms with van der Waals surface area (Å²) in [5.74, 6) is -0.493. The van der Waals surface area contributed by atoms with E-state index in [0.29, 0.717) is 21.9 Å². The maximum atomic E-state index is 12.9. The zero-order valence-corrected chi connectivity index (χ0v) is 23.2. The molecule has 0 saturated heterocycles. The first-order chi connectivity index (χ1) is 19.2. The van der Waals surface area contributed by atoms with Gasteiger partial charge in [-0.25, -0.2) is 17.9 Å². The molecule has 0 bridgehead atoms. The van der Waals surface area contributed by atoms with E-state index >= 15 is 0 Å². The van der Waals surface area contributed by atoms with E-state index in [2.05, 4.69) is 10.0 Å². The van der Waals surface area contributed by atoms with Crippen molar-refractivity contribution in [3.63, 3.8) is 0 Å². The number of nitrogens with one attached hydrogen (secondary N) is 2. The van der Waals surface area contributed by atoms with Crippen LogP contribution in [0.3, 0.4) is 0 Å². The fourth-order valence-corrected chi connectivity index (χ4v) is 5.93. The van der Waals surface area contributed by atoms with E-state index in [1.807, 2.05) is 61.5 Å². The van der Waals surface area contributed by atoms with E-state index in [4.69, 9.17) is 21.7 Å². The number of aromatic nitrogens is 3. The smallest absolute Gasteiger partial charge is 0.242 e. The lowest BCUT2D eigenvalue weighted by Crippen LogP contribution is -2.41. The molecule has 1 atom stereocenters. The van der Waals surface area contributed by atoms with E-state index in [0.717, 1.165) is 33.1 Å². The van der Waals surface area contributed by atoms with E-state index in [9.17, 15) is 13.2 Å². The molecule has 4 aromatic carbocycles. The third-order valence-corrected chi connectivity index (χ3v) is 8.50. The molecule has 200 valence electrons. The third kappa shape index (κ3) is 4.79. The summed E-state index contributed by atoms with van der Waals surface area (Å²) in [6, 6.07) is 26.2. The molecule has 0 radical (unpaired) electrons. The lowest BCUT2D eigenvalue weighted by atomic mass is 10.1. The van der Waals surface area contributed by atoms with Gasteiger partial charge < -0.3 is 5.32 Å². The van der Waals surface area contributed by atoms with Crippen molar-refractivity contribution in [2.45, 2.75) is 24.8 Å². The molecule has 0 aliphatic carbocycles. The number of amides is 1. The minimum Gasteiger partial charge on any atom is -0.325 e. The average Bonchev–Trinajstić information content (AvgIpc) is 3.31. The lowest BCUT2D eigenvalue weighted by molar-refractivity contribution is -0.117. The van der Waals surface area contributed by atoms with Gasteiger partial charge in [0, 0.05) is 27.0 Å². The van der Waals surface area contributed by atoms with Crippen LogP contribution in [0.2, 0.25) is 5.02 Å². The first kappa shape index (κ1) is 25.9. The van der Waals surface area contributed by atoms with E-state index in [1.165, 1.54) is 19.1 Å². The fourth-order valence-electron chi connectivity index (χ4n) is 4.60. The number of halogens is 1. The van der Waals surface area contributed by atoms with Crippen LogP contribution in [0.4, 0.5) is 5.69 Å². The largest absolute Gasteiger partial charge is 0.325 e. The van der Waals surface area contributed by atoms with Crippen LogP contribution in [0.5, 0.6) is 0 Å². The molecule has 0 unspecified atom stereocenters. The molecule has 10 heteroatoms. The van der Waals surface area contributed by atoms with Crippen molar-refractivity contribution >= 4 is 60.7 Å². The van der Waals surface area contributed by atoms with Crippen LogP contribution in [0.15, 0.2) is 95.9 Å². The fraction of sp³-hybridized carbons (Fsp3) is 0.100. The van der Waals surface area contributed by atoms with Crippen LogP contribution in [0, 0.1) is 6.92 Å². The van der Waals surface area contributed by atoms with Gasteiger partial charge in [-0.2, -0.15) is 9.82 Å². The molecule has 0 aliphatic rings. The normalized spacial score (nSPS) is 12.7. The van der Waals surface area contributed by atoms with Gasteiger partial charge in [0.15, 0.2) is 5.65 Å². The molecule has 2 N–H and O–H groups in total. The highest BCUT2D eigenvalue weighted by atomic mass is 35.5. The molecule has 2 heterocycles. The van der Waals surface area contributed by atoms with Crippen molar-refractivity contribution in [1.82, 2.24) is 19.3 Å². The van der Waals surface area contributed by atoms with Crippen LogP contribution < -0.4 is 10.0 Å². The van der Waals surface area contributed by atoms with Gasteiger partial charge in [-0.05, 0) is 56.3 Å². The second-order valence-electron chi connectivity index (χ2n) is 9.60. The number of fused-ring (bicyclic) bond motifs is 5. The van der Waals surface area contributed by atoms with Crippen LogP contribution in [0.1, 0.15) is 12.5 Å². The number of hydrogen-bond acceptors (Lipinski definition) is 5. The van der Waals surface area contributed by atoms with Crippen LogP contribution in [0.25, 0.3) is 38.7 Å². The van der Waals surface area contributed by atoms with Gasteiger partial charge in [-0.15, -0.1) is 0 Å². The Balaban J connectivity index is 1.32. The summed E-state index contributed by atoms with van der Waals surface area (Å²) < 4.78 is 29.7. The molecule has 1 amide bonds. The number of aryl methyl sites for hydroxylation is 1. The summed E-state index contributed by atoms with van der Waals surface area (Å²) in [5, 5.41) is 10.3. The zero-order valence-electron chi connectivity index (χ0n) is 21.6. The Kier molecular flexibility index (Phi) is 6.50. The molecule has 6 aromatic rings. The Labute approximate surface area is 235 Å². The molecular formula is C30H24ClN5O3S. The molecule has 0 saturated carbocycles. The summed E-state index contributed by atoms with van der Waals surface area (Å²) in [4.78, 5) is 17.8. The first-order valence-electron chi connectivity index (χ1n) is 12.6. The van der Waals surface area contributed by atoms with E-state index < -0.39 is 22.0 Å². The number of imidazole rings is 1. The van der Waals surface area contributed by atoms with Gasteiger partial charge in [0.25, 0.3) is 0 Å². The van der Waals surface area contributed by atoms with Gasteiger partial charge in [0.1, 0.15) is 0 Å². The summed E-state index contributed by atoms with van der Waals surface area (Å²) in [6.07, 6.45) is 0. The second-order valence-corrected chi connectivity index (χ2v) is 11.7. The standard InChI is InChI=1S/C30H24ClN5O3S/c1-18-7-14-23(15-8-18)40(38,39)35-19(2)30(37)32-22-13-16-27-26(17-22)33-29-25-6-4-3-5-24(25)28(34-36(27)29)20-9-11-21(31)12-10-20/h3-17,19,35H,1-2H3,(H,32,37)/t19-/m1/s1. The van der Waals surface area contributed by atoms with Crippen LogP contribution in [-0.4, -0.2) is 35.0 Å². The molecule has 40 heavy (non-hydrogen) atoms. The van der Waals surface area contributed by atoms with Crippen LogP contribution in [-0.2, 0) is 14.8 Å². The SMILES string of the molecule is Cc1ccc(S(=O)(=O)N[C@H](C)C(=O)Nc2ccc3c(c2)nc2c4ccccc4c(-c4ccc(Cl)cc4)nn32)cc1. The Hall–Kier alpha value is -4.31. The number of nitrogens with zero attached hydrogens (tertiary/aromatic N) is 3. The first-order valence-corrected chi connectivity index (χ1v) is 14.4. The molecule has 0 aliphatic heterocycles. The van der Waals surface area contributed by atoms with Gasteiger partial charge >= 0.3 is 0 Å².